The number of nitrogens with zero attached hydrogens (tertiary/aromatic N) is 1. The molecule has 0 spiro atoms. The molecule has 36 heavy (non-hydrogen) atoms. The second-order valence-electron chi connectivity index (χ2n) is 7.73. The summed E-state index contributed by atoms with van der Waals surface area (Å²) in [6.45, 7) is 2.20. The maximum atomic E-state index is 12.3. The Balaban J connectivity index is 1.50. The second-order valence-corrected chi connectivity index (χ2v) is 7.73. The number of amides is 2. The van der Waals surface area contributed by atoms with Gasteiger partial charge in [-0.25, -0.2) is 5.43 Å². The van der Waals surface area contributed by atoms with Gasteiger partial charge in [-0.05, 0) is 54.4 Å². The first-order valence-electron chi connectivity index (χ1n) is 11.1. The standard InChI is InChI=1S/C27H29N3O6/c1-18-5-7-19(8-6-18)17-36-23-11-9-20(13-24(23)34-3)15-29-30-26(31)16-28-27(32)21-10-12-22(33-2)25(14-21)35-4/h5-15H,16-17H2,1-4H3,(H,28,32)(H,30,31)/b29-15+. The molecule has 0 heterocycles. The van der Waals surface area contributed by atoms with Crippen molar-refractivity contribution in [2.24, 2.45) is 5.10 Å². The van der Waals surface area contributed by atoms with Crippen molar-refractivity contribution in [2.45, 2.75) is 13.5 Å². The van der Waals surface area contributed by atoms with E-state index in [2.05, 4.69) is 15.8 Å². The van der Waals surface area contributed by atoms with Crippen LogP contribution in [0.25, 0.3) is 0 Å². The van der Waals surface area contributed by atoms with Crippen LogP contribution in [0, 0.1) is 6.92 Å². The number of rotatable bonds is 11. The SMILES string of the molecule is COc1ccc(C(=O)NCC(=O)N/N=C/c2ccc(OCc3ccc(C)cc3)c(OC)c2)cc1OC. The first-order valence-corrected chi connectivity index (χ1v) is 11.1. The monoisotopic (exact) mass is 491 g/mol. The van der Waals surface area contributed by atoms with Gasteiger partial charge in [0.25, 0.3) is 11.8 Å². The van der Waals surface area contributed by atoms with E-state index in [0.29, 0.717) is 40.7 Å². The van der Waals surface area contributed by atoms with Crippen molar-refractivity contribution in [1.82, 2.24) is 10.7 Å². The number of benzene rings is 3. The van der Waals surface area contributed by atoms with E-state index in [1.54, 1.807) is 37.4 Å². The number of nitrogens with one attached hydrogen (secondary N) is 2. The fraction of sp³-hybridized carbons (Fsp3) is 0.222. The lowest BCUT2D eigenvalue weighted by molar-refractivity contribution is -0.120. The van der Waals surface area contributed by atoms with Crippen LogP contribution in [0.1, 0.15) is 27.0 Å². The summed E-state index contributed by atoms with van der Waals surface area (Å²) >= 11 is 0. The zero-order chi connectivity index (χ0) is 25.9. The van der Waals surface area contributed by atoms with Crippen LogP contribution in [0.5, 0.6) is 23.0 Å². The Hall–Kier alpha value is -4.53. The third-order valence-electron chi connectivity index (χ3n) is 5.16. The van der Waals surface area contributed by atoms with E-state index in [9.17, 15) is 9.59 Å². The Morgan fingerprint density at radius 2 is 1.50 bits per heavy atom. The molecule has 0 saturated carbocycles. The van der Waals surface area contributed by atoms with Gasteiger partial charge in [-0.1, -0.05) is 29.8 Å². The van der Waals surface area contributed by atoms with Gasteiger partial charge in [0.15, 0.2) is 23.0 Å². The maximum Gasteiger partial charge on any atom is 0.259 e. The number of hydrazone groups is 1. The summed E-state index contributed by atoms with van der Waals surface area (Å²) in [5.74, 6) is 1.15. The summed E-state index contributed by atoms with van der Waals surface area (Å²) in [4.78, 5) is 24.4. The molecule has 0 bridgehead atoms. The van der Waals surface area contributed by atoms with Crippen molar-refractivity contribution >= 4 is 18.0 Å². The first kappa shape index (κ1) is 26.1. The number of methoxy groups -OCH3 is 3. The summed E-state index contributed by atoms with van der Waals surface area (Å²) in [6.07, 6.45) is 1.47. The number of carbonyl (C=O) groups excluding carboxylic acids is 2. The summed E-state index contributed by atoms with van der Waals surface area (Å²) in [5.41, 5.74) is 5.65. The number of hydrogen-bond acceptors (Lipinski definition) is 7. The third kappa shape index (κ3) is 7.23. The highest BCUT2D eigenvalue weighted by Gasteiger charge is 2.12. The lowest BCUT2D eigenvalue weighted by atomic mass is 10.2. The minimum Gasteiger partial charge on any atom is -0.493 e. The summed E-state index contributed by atoms with van der Waals surface area (Å²) in [6, 6.07) is 18.1. The number of hydrogen-bond donors (Lipinski definition) is 2. The minimum atomic E-state index is -0.481. The Bertz CT molecular complexity index is 1220. The van der Waals surface area contributed by atoms with Crippen LogP contribution >= 0.6 is 0 Å². The summed E-state index contributed by atoms with van der Waals surface area (Å²) in [7, 11) is 4.54. The molecule has 0 radical (unpaired) electrons. The largest absolute Gasteiger partial charge is 0.493 e. The predicted molar refractivity (Wildman–Crippen MR) is 136 cm³/mol. The fourth-order valence-corrected chi connectivity index (χ4v) is 3.19. The highest BCUT2D eigenvalue weighted by Crippen LogP contribution is 2.29. The zero-order valence-electron chi connectivity index (χ0n) is 20.7. The molecule has 0 aromatic heterocycles. The van der Waals surface area contributed by atoms with Gasteiger partial charge in [0, 0.05) is 5.56 Å². The van der Waals surface area contributed by atoms with E-state index in [0.717, 1.165) is 5.56 Å². The molecule has 0 aliphatic heterocycles. The van der Waals surface area contributed by atoms with Crippen LogP contribution in [0.3, 0.4) is 0 Å². The predicted octanol–water partition coefficient (Wildman–Crippen LogP) is 3.48. The molecular formula is C27H29N3O6. The molecule has 9 nitrogen and oxygen atoms in total. The molecule has 188 valence electrons. The zero-order valence-corrected chi connectivity index (χ0v) is 20.7. The van der Waals surface area contributed by atoms with Gasteiger partial charge in [-0.15, -0.1) is 0 Å². The average Bonchev–Trinajstić information content (AvgIpc) is 2.91. The Labute approximate surface area is 210 Å². The molecule has 2 amide bonds. The highest BCUT2D eigenvalue weighted by atomic mass is 16.5. The molecule has 0 saturated heterocycles. The van der Waals surface area contributed by atoms with E-state index >= 15 is 0 Å². The van der Waals surface area contributed by atoms with Crippen LogP contribution in [-0.2, 0) is 11.4 Å². The van der Waals surface area contributed by atoms with Crippen LogP contribution in [0.4, 0.5) is 0 Å². The van der Waals surface area contributed by atoms with Crippen LogP contribution in [-0.4, -0.2) is 45.9 Å². The molecule has 3 rings (SSSR count). The van der Waals surface area contributed by atoms with E-state index < -0.39 is 11.8 Å². The van der Waals surface area contributed by atoms with Crippen molar-refractivity contribution in [3.05, 3.63) is 82.9 Å². The van der Waals surface area contributed by atoms with Gasteiger partial charge in [0.05, 0.1) is 34.1 Å². The molecule has 2 N–H and O–H groups in total. The Kier molecular flexibility index (Phi) is 9.27. The normalized spacial score (nSPS) is 10.6. The smallest absolute Gasteiger partial charge is 0.259 e. The molecule has 9 heteroatoms. The van der Waals surface area contributed by atoms with E-state index in [-0.39, 0.29) is 6.54 Å². The lowest BCUT2D eigenvalue weighted by Crippen LogP contribution is -2.34. The molecule has 0 atom stereocenters. The minimum absolute atomic E-state index is 0.250. The quantitative estimate of drug-likeness (QED) is 0.314. The van der Waals surface area contributed by atoms with Crippen molar-refractivity contribution in [1.29, 1.82) is 0 Å². The Morgan fingerprint density at radius 1 is 0.833 bits per heavy atom. The third-order valence-corrected chi connectivity index (χ3v) is 5.16. The van der Waals surface area contributed by atoms with Gasteiger partial charge in [0.1, 0.15) is 6.61 Å². The molecule has 0 fully saturated rings. The second kappa shape index (κ2) is 12.8. The van der Waals surface area contributed by atoms with Gasteiger partial charge < -0.3 is 24.3 Å². The van der Waals surface area contributed by atoms with Crippen molar-refractivity contribution in [2.75, 3.05) is 27.9 Å². The van der Waals surface area contributed by atoms with Crippen molar-refractivity contribution < 1.29 is 28.5 Å². The van der Waals surface area contributed by atoms with Crippen LogP contribution < -0.4 is 29.7 Å². The van der Waals surface area contributed by atoms with E-state index in [4.69, 9.17) is 18.9 Å². The first-order chi connectivity index (χ1) is 17.4. The van der Waals surface area contributed by atoms with Gasteiger partial charge in [-0.3, -0.25) is 9.59 Å². The van der Waals surface area contributed by atoms with Gasteiger partial charge in [0.2, 0.25) is 0 Å². The molecule has 3 aromatic rings. The summed E-state index contributed by atoms with van der Waals surface area (Å²) in [5, 5.41) is 6.48. The number of aryl methyl sites for hydroxylation is 1. The average molecular weight is 492 g/mol. The number of carbonyl (C=O) groups is 2. The van der Waals surface area contributed by atoms with Crippen LogP contribution in [0.15, 0.2) is 65.8 Å². The van der Waals surface area contributed by atoms with E-state index in [1.807, 2.05) is 31.2 Å². The summed E-state index contributed by atoms with van der Waals surface area (Å²) < 4.78 is 21.6. The maximum absolute atomic E-state index is 12.3. The van der Waals surface area contributed by atoms with E-state index in [1.165, 1.54) is 32.1 Å². The lowest BCUT2D eigenvalue weighted by Gasteiger charge is -2.11. The van der Waals surface area contributed by atoms with Crippen molar-refractivity contribution in [3.8, 4) is 23.0 Å². The topological polar surface area (TPSA) is 107 Å². The van der Waals surface area contributed by atoms with Crippen molar-refractivity contribution in [3.63, 3.8) is 0 Å². The molecule has 3 aromatic carbocycles. The highest BCUT2D eigenvalue weighted by molar-refractivity contribution is 5.97. The van der Waals surface area contributed by atoms with Crippen LogP contribution in [0.2, 0.25) is 0 Å². The molecule has 0 unspecified atom stereocenters. The number of ether oxygens (including phenoxy) is 4. The molecule has 0 aliphatic carbocycles. The van der Waals surface area contributed by atoms with Gasteiger partial charge in [-0.2, -0.15) is 5.10 Å². The molecular weight excluding hydrogens is 462 g/mol. The van der Waals surface area contributed by atoms with Gasteiger partial charge >= 0.3 is 0 Å². The Morgan fingerprint density at radius 3 is 2.19 bits per heavy atom. The fourth-order valence-electron chi connectivity index (χ4n) is 3.19. The molecule has 0 aliphatic rings.